The summed E-state index contributed by atoms with van der Waals surface area (Å²) in [7, 11) is -0.750. The molecule has 7 heteroatoms. The van der Waals surface area contributed by atoms with Gasteiger partial charge in [0.1, 0.15) is 0 Å². The molecule has 3 nitrogen and oxygen atoms in total. The molecule has 0 unspecified atom stereocenters. The van der Waals surface area contributed by atoms with Crippen LogP contribution in [0.5, 0.6) is 0 Å². The van der Waals surface area contributed by atoms with Crippen molar-refractivity contribution in [2.24, 2.45) is 0 Å². The van der Waals surface area contributed by atoms with Crippen molar-refractivity contribution in [1.29, 1.82) is 5.26 Å². The van der Waals surface area contributed by atoms with Crippen LogP contribution in [0.4, 0.5) is 13.2 Å². The van der Waals surface area contributed by atoms with E-state index in [0.29, 0.717) is 0 Å². The Morgan fingerprint density at radius 2 is 1.67 bits per heavy atom. The zero-order valence-electron chi connectivity index (χ0n) is 7.49. The molecule has 2 N–H and O–H groups in total. The molecular formula is C8H7BF3NO2. The predicted molar refractivity (Wildman–Crippen MR) is 47.7 cm³/mol. The molecule has 0 atom stereocenters. The minimum absolute atomic E-state index is 0.343. The van der Waals surface area contributed by atoms with Crippen molar-refractivity contribution in [2.45, 2.75) is 6.18 Å². The summed E-state index contributed by atoms with van der Waals surface area (Å²) < 4.78 is 36.3. The van der Waals surface area contributed by atoms with E-state index in [1.165, 1.54) is 18.2 Å². The van der Waals surface area contributed by atoms with Crippen LogP contribution in [-0.4, -0.2) is 17.7 Å². The van der Waals surface area contributed by atoms with Crippen LogP contribution in [0.3, 0.4) is 0 Å². The second-order valence-electron chi connectivity index (χ2n) is 2.30. The lowest BCUT2D eigenvalue weighted by Crippen LogP contribution is -2.06. The van der Waals surface area contributed by atoms with Crippen molar-refractivity contribution >= 4 is 7.69 Å². The number of hydrogen-bond donors (Lipinski definition) is 2. The molecule has 0 aliphatic carbocycles. The van der Waals surface area contributed by atoms with Gasteiger partial charge in [-0.2, -0.15) is 18.4 Å². The molecule has 15 heavy (non-hydrogen) atoms. The van der Waals surface area contributed by atoms with E-state index in [-0.39, 0.29) is 5.56 Å². The zero-order chi connectivity index (χ0) is 11.9. The topological polar surface area (TPSA) is 64.2 Å². The Kier molecular flexibility index (Phi) is 5.45. The highest BCUT2D eigenvalue weighted by molar-refractivity contribution is 6.13. The van der Waals surface area contributed by atoms with Gasteiger partial charge in [-0.25, -0.2) is 0 Å². The standard InChI is InChI=1S/C8H4F3N.BH3O2/c9-8(10,11)7-4-2-1-3-6(7)5-12;2-1-3/h1-4H;1-3H. The molecule has 1 aromatic rings. The summed E-state index contributed by atoms with van der Waals surface area (Å²) in [6.45, 7) is 0. The molecular weight excluding hydrogens is 210 g/mol. The summed E-state index contributed by atoms with van der Waals surface area (Å²) in [6.07, 6.45) is -4.44. The van der Waals surface area contributed by atoms with Crippen molar-refractivity contribution in [2.75, 3.05) is 0 Å². The van der Waals surface area contributed by atoms with Crippen LogP contribution >= 0.6 is 0 Å². The summed E-state index contributed by atoms with van der Waals surface area (Å²) >= 11 is 0. The lowest BCUT2D eigenvalue weighted by atomic mass is 10.1. The van der Waals surface area contributed by atoms with E-state index in [1.807, 2.05) is 0 Å². The van der Waals surface area contributed by atoms with Gasteiger partial charge in [-0.1, -0.05) is 12.1 Å². The Morgan fingerprint density at radius 1 is 1.20 bits per heavy atom. The Hall–Kier alpha value is -1.52. The van der Waals surface area contributed by atoms with Crippen LogP contribution in [-0.2, 0) is 6.18 Å². The maximum atomic E-state index is 12.1. The van der Waals surface area contributed by atoms with E-state index < -0.39 is 19.4 Å². The SMILES string of the molecule is N#Cc1ccccc1C(F)(F)F.OBO. The van der Waals surface area contributed by atoms with E-state index in [1.54, 1.807) is 0 Å². The third kappa shape index (κ3) is 4.49. The van der Waals surface area contributed by atoms with Crippen LogP contribution < -0.4 is 0 Å². The number of rotatable bonds is 0. The molecule has 0 radical (unpaired) electrons. The minimum Gasteiger partial charge on any atom is -0.430 e. The third-order valence-electron chi connectivity index (χ3n) is 1.35. The average Bonchev–Trinajstić information content (AvgIpc) is 2.18. The smallest absolute Gasteiger partial charge is 0.430 e. The fraction of sp³-hybridized carbons (Fsp3) is 0.125. The van der Waals surface area contributed by atoms with Crippen molar-refractivity contribution in [3.8, 4) is 6.07 Å². The molecule has 1 rings (SSSR count). The lowest BCUT2D eigenvalue weighted by Gasteiger charge is -2.06. The van der Waals surface area contributed by atoms with E-state index >= 15 is 0 Å². The monoisotopic (exact) mass is 217 g/mol. The number of nitrogens with zero attached hydrogens (tertiary/aromatic N) is 1. The van der Waals surface area contributed by atoms with E-state index in [2.05, 4.69) is 0 Å². The van der Waals surface area contributed by atoms with Crippen LogP contribution in [0, 0.1) is 11.3 Å². The molecule has 0 aliphatic heterocycles. The highest BCUT2D eigenvalue weighted by Gasteiger charge is 2.32. The average molecular weight is 217 g/mol. The number of benzene rings is 1. The van der Waals surface area contributed by atoms with Crippen molar-refractivity contribution in [1.82, 2.24) is 0 Å². The molecule has 0 heterocycles. The Balaban J connectivity index is 0.000000583. The maximum absolute atomic E-state index is 12.1. The molecule has 0 saturated heterocycles. The fourth-order valence-electron chi connectivity index (χ4n) is 0.828. The zero-order valence-corrected chi connectivity index (χ0v) is 7.49. The quantitative estimate of drug-likeness (QED) is 0.632. The van der Waals surface area contributed by atoms with Crippen LogP contribution in [0.25, 0.3) is 0 Å². The third-order valence-corrected chi connectivity index (χ3v) is 1.35. The molecule has 0 aromatic heterocycles. The van der Waals surface area contributed by atoms with Gasteiger partial charge in [-0.05, 0) is 12.1 Å². The molecule has 0 aliphatic rings. The fourth-order valence-corrected chi connectivity index (χ4v) is 0.828. The first-order chi connectivity index (χ1) is 6.97. The van der Waals surface area contributed by atoms with Crippen molar-refractivity contribution in [3.63, 3.8) is 0 Å². The number of hydrogen-bond acceptors (Lipinski definition) is 3. The summed E-state index contributed by atoms with van der Waals surface area (Å²) in [5, 5.41) is 22.6. The van der Waals surface area contributed by atoms with Gasteiger partial charge in [0.25, 0.3) is 0 Å². The Morgan fingerprint density at radius 3 is 2.00 bits per heavy atom. The molecule has 0 bridgehead atoms. The molecule has 0 fully saturated rings. The predicted octanol–water partition coefficient (Wildman–Crippen LogP) is 0.815. The van der Waals surface area contributed by atoms with Gasteiger partial charge in [0.15, 0.2) is 0 Å². The van der Waals surface area contributed by atoms with E-state index in [9.17, 15) is 13.2 Å². The van der Waals surface area contributed by atoms with Crippen LogP contribution in [0.15, 0.2) is 24.3 Å². The Bertz CT molecular complexity index is 348. The largest absolute Gasteiger partial charge is 0.432 e. The molecule has 80 valence electrons. The van der Waals surface area contributed by atoms with Gasteiger partial charge < -0.3 is 10.0 Å². The van der Waals surface area contributed by atoms with Crippen LogP contribution in [0.2, 0.25) is 0 Å². The van der Waals surface area contributed by atoms with Gasteiger partial charge in [0, 0.05) is 0 Å². The van der Waals surface area contributed by atoms with Gasteiger partial charge in [0.05, 0.1) is 17.2 Å². The second-order valence-corrected chi connectivity index (χ2v) is 2.30. The molecule has 1 aromatic carbocycles. The maximum Gasteiger partial charge on any atom is 0.432 e. The lowest BCUT2D eigenvalue weighted by molar-refractivity contribution is -0.137. The summed E-state index contributed by atoms with van der Waals surface area (Å²) in [6, 6.07) is 6.16. The van der Waals surface area contributed by atoms with Crippen LogP contribution in [0.1, 0.15) is 11.1 Å². The van der Waals surface area contributed by atoms with E-state index in [4.69, 9.17) is 15.3 Å². The van der Waals surface area contributed by atoms with Gasteiger partial charge in [0.2, 0.25) is 0 Å². The highest BCUT2D eigenvalue weighted by Crippen LogP contribution is 2.31. The number of alkyl halides is 3. The number of nitriles is 1. The van der Waals surface area contributed by atoms with E-state index in [0.717, 1.165) is 12.1 Å². The van der Waals surface area contributed by atoms with Crippen molar-refractivity contribution in [3.05, 3.63) is 35.4 Å². The first-order valence-corrected chi connectivity index (χ1v) is 3.75. The van der Waals surface area contributed by atoms with Gasteiger partial charge in [-0.15, -0.1) is 0 Å². The summed E-state index contributed by atoms with van der Waals surface area (Å²) in [5.74, 6) is 0. The Labute approximate surface area is 84.7 Å². The first kappa shape index (κ1) is 13.5. The van der Waals surface area contributed by atoms with Gasteiger partial charge >= 0.3 is 13.9 Å². The summed E-state index contributed by atoms with van der Waals surface area (Å²) in [4.78, 5) is 0. The van der Waals surface area contributed by atoms with Gasteiger partial charge in [-0.3, -0.25) is 0 Å². The molecule has 0 saturated carbocycles. The van der Waals surface area contributed by atoms with Crippen molar-refractivity contribution < 1.29 is 23.2 Å². The second kappa shape index (κ2) is 6.06. The minimum atomic E-state index is -4.44. The first-order valence-electron chi connectivity index (χ1n) is 3.75. The summed E-state index contributed by atoms with van der Waals surface area (Å²) in [5.41, 5.74) is -1.22. The highest BCUT2D eigenvalue weighted by atomic mass is 19.4. The number of halogens is 3. The molecule has 0 spiro atoms. The molecule has 0 amide bonds. The normalized spacial score (nSPS) is 9.60.